The first kappa shape index (κ1) is 20.7. The van der Waals surface area contributed by atoms with Gasteiger partial charge in [0, 0.05) is 6.07 Å². The number of para-hydroxylation sites is 2. The van der Waals surface area contributed by atoms with Gasteiger partial charge in [-0.1, -0.05) is 22.8 Å². The van der Waals surface area contributed by atoms with Crippen LogP contribution in [0, 0.1) is 10.2 Å². The first-order valence-corrected chi connectivity index (χ1v) is 9.57. The summed E-state index contributed by atoms with van der Waals surface area (Å²) in [5.74, 6) is 1.01. The van der Waals surface area contributed by atoms with Crippen LogP contribution in [0.2, 0.25) is 0 Å². The molecule has 0 unspecified atom stereocenters. The van der Waals surface area contributed by atoms with Gasteiger partial charge in [-0.15, -0.1) is 0 Å². The van der Waals surface area contributed by atoms with Gasteiger partial charge in [-0.2, -0.15) is 23.2 Å². The number of pyridine rings is 1. The molecule has 0 bridgehead atoms. The lowest BCUT2D eigenvalue weighted by Crippen LogP contribution is -2.58. The zero-order valence-electron chi connectivity index (χ0n) is 15.9. The Labute approximate surface area is 167 Å². The highest BCUT2D eigenvalue weighted by Gasteiger charge is 2.30. The Kier molecular flexibility index (Phi) is 5.55. The third-order valence-corrected chi connectivity index (χ3v) is 4.18. The summed E-state index contributed by atoms with van der Waals surface area (Å²) in [7, 11) is 0.721. The maximum Gasteiger partial charge on any atom is 0.602 e. The highest BCUT2D eigenvalue weighted by molar-refractivity contribution is 5.84. The quantitative estimate of drug-likeness (QED) is 0.340. The molecule has 11 heteroatoms. The van der Waals surface area contributed by atoms with Crippen molar-refractivity contribution >= 4 is 34.1 Å². The fourth-order valence-electron chi connectivity index (χ4n) is 3.23. The molecular formula is C18H19ClN4O6+2. The summed E-state index contributed by atoms with van der Waals surface area (Å²) >= 11 is 0. The molecule has 0 fully saturated rings. The SMILES string of the molecule is COC(=O)[n+]1cc2c3cccc[n+]3c(N(C)C)n2c2ccccc21.[O-][Cl+3]([O-])([O-])O. The van der Waals surface area contributed by atoms with E-state index in [4.69, 9.17) is 23.4 Å². The van der Waals surface area contributed by atoms with Gasteiger partial charge in [-0.25, -0.2) is 4.40 Å². The van der Waals surface area contributed by atoms with Crippen LogP contribution in [0.3, 0.4) is 0 Å². The molecule has 4 aromatic rings. The van der Waals surface area contributed by atoms with Crippen molar-refractivity contribution in [3.05, 3.63) is 54.9 Å². The minimum atomic E-state index is -4.69. The van der Waals surface area contributed by atoms with Gasteiger partial charge in [0.15, 0.2) is 11.0 Å². The van der Waals surface area contributed by atoms with Crippen molar-refractivity contribution in [2.45, 2.75) is 0 Å². The number of nitrogens with zero attached hydrogens (tertiary/aromatic N) is 4. The van der Waals surface area contributed by atoms with Crippen molar-refractivity contribution in [1.82, 2.24) is 4.40 Å². The molecular weight excluding hydrogens is 404 g/mol. The molecule has 1 N–H and O–H groups in total. The van der Waals surface area contributed by atoms with E-state index in [9.17, 15) is 4.79 Å². The molecule has 0 saturated carbocycles. The highest BCUT2D eigenvalue weighted by Crippen LogP contribution is 2.22. The fraction of sp³-hybridized carbons (Fsp3) is 0.167. The number of halogens is 1. The van der Waals surface area contributed by atoms with Crippen molar-refractivity contribution in [2.24, 2.45) is 0 Å². The van der Waals surface area contributed by atoms with E-state index in [1.54, 1.807) is 4.57 Å². The largest absolute Gasteiger partial charge is 0.602 e. The predicted molar refractivity (Wildman–Crippen MR) is 92.6 cm³/mol. The lowest BCUT2D eigenvalue weighted by molar-refractivity contribution is -1.92. The molecule has 0 saturated heterocycles. The van der Waals surface area contributed by atoms with Gasteiger partial charge < -0.3 is 4.74 Å². The van der Waals surface area contributed by atoms with Crippen LogP contribution in [0.15, 0.2) is 54.9 Å². The maximum absolute atomic E-state index is 12.3. The Morgan fingerprint density at radius 1 is 1.07 bits per heavy atom. The summed E-state index contributed by atoms with van der Waals surface area (Å²) in [4.78, 5) is 14.3. The van der Waals surface area contributed by atoms with E-state index in [1.165, 1.54) is 7.11 Å². The molecule has 0 aliphatic carbocycles. The zero-order valence-corrected chi connectivity index (χ0v) is 16.6. The van der Waals surface area contributed by atoms with E-state index < -0.39 is 16.3 Å². The van der Waals surface area contributed by atoms with Crippen molar-refractivity contribution in [3.8, 4) is 0 Å². The third-order valence-electron chi connectivity index (χ3n) is 4.18. The summed E-state index contributed by atoms with van der Waals surface area (Å²) in [5, 5.41) is 0. The normalized spacial score (nSPS) is 11.4. The van der Waals surface area contributed by atoms with E-state index in [2.05, 4.69) is 13.7 Å². The lowest BCUT2D eigenvalue weighted by Gasteiger charge is -2.05. The van der Waals surface area contributed by atoms with E-state index >= 15 is 0 Å². The summed E-state index contributed by atoms with van der Waals surface area (Å²) in [5.41, 5.74) is 3.68. The number of methoxy groups -OCH3 is 1. The molecule has 0 amide bonds. The Hall–Kier alpha value is -3.02. The smallest absolute Gasteiger partial charge is 0.415 e. The molecule has 152 valence electrons. The number of benzene rings is 1. The Morgan fingerprint density at radius 3 is 2.28 bits per heavy atom. The minimum Gasteiger partial charge on any atom is -0.415 e. The van der Waals surface area contributed by atoms with Crippen molar-refractivity contribution < 1.29 is 47.4 Å². The number of anilines is 1. The molecule has 10 nitrogen and oxygen atoms in total. The molecule has 29 heavy (non-hydrogen) atoms. The molecule has 0 atom stereocenters. The van der Waals surface area contributed by atoms with Gasteiger partial charge in [0.05, 0.1) is 42.3 Å². The zero-order chi connectivity index (χ0) is 21.3. The summed E-state index contributed by atoms with van der Waals surface area (Å²) in [6, 6.07) is 13.8. The van der Waals surface area contributed by atoms with Crippen LogP contribution in [-0.2, 0) is 4.74 Å². The maximum atomic E-state index is 12.3. The first-order valence-electron chi connectivity index (χ1n) is 8.30. The molecule has 4 rings (SSSR count). The molecule has 3 heterocycles. The summed E-state index contributed by atoms with van der Waals surface area (Å²) < 4.78 is 43.5. The van der Waals surface area contributed by atoms with Crippen molar-refractivity contribution in [1.29, 1.82) is 0 Å². The molecule has 0 radical (unpaired) electrons. The molecule has 0 aliphatic heterocycles. The van der Waals surface area contributed by atoms with Crippen molar-refractivity contribution in [2.75, 3.05) is 26.1 Å². The van der Waals surface area contributed by atoms with Crippen LogP contribution in [0.5, 0.6) is 0 Å². The van der Waals surface area contributed by atoms with E-state index in [0.717, 1.165) is 28.0 Å². The van der Waals surface area contributed by atoms with Gasteiger partial charge in [-0.05, 0) is 18.2 Å². The van der Waals surface area contributed by atoms with Gasteiger partial charge >= 0.3 is 12.0 Å². The van der Waals surface area contributed by atoms with Crippen LogP contribution < -0.4 is 27.8 Å². The van der Waals surface area contributed by atoms with E-state index in [0.29, 0.717) is 0 Å². The average Bonchev–Trinajstić information content (AvgIpc) is 3.00. The van der Waals surface area contributed by atoms with Crippen LogP contribution in [0.1, 0.15) is 0 Å². The third kappa shape index (κ3) is 4.06. The van der Waals surface area contributed by atoms with E-state index in [-0.39, 0.29) is 0 Å². The molecule has 3 aromatic heterocycles. The van der Waals surface area contributed by atoms with E-state index in [1.807, 2.05) is 69.0 Å². The number of carbonyl (C=O) groups is 1. The molecule has 0 aliphatic rings. The topological polar surface area (TPSA) is 131 Å². The second-order valence-electron chi connectivity index (χ2n) is 6.22. The number of fused-ring (bicyclic) bond motifs is 5. The van der Waals surface area contributed by atoms with Gasteiger partial charge in [0.2, 0.25) is 11.7 Å². The van der Waals surface area contributed by atoms with Crippen LogP contribution >= 0.6 is 0 Å². The first-order chi connectivity index (χ1) is 13.6. The Morgan fingerprint density at radius 2 is 1.66 bits per heavy atom. The van der Waals surface area contributed by atoms with Crippen LogP contribution in [-0.4, -0.2) is 36.4 Å². The van der Waals surface area contributed by atoms with Crippen LogP contribution in [0.4, 0.5) is 10.7 Å². The highest BCUT2D eigenvalue weighted by atomic mass is 35.7. The number of carbonyl (C=O) groups excluding carboxylic acids is 1. The summed E-state index contributed by atoms with van der Waals surface area (Å²) in [6.45, 7) is 0. The van der Waals surface area contributed by atoms with Gasteiger partial charge in [0.25, 0.3) is 5.52 Å². The van der Waals surface area contributed by atoms with Crippen LogP contribution in [0.25, 0.3) is 22.1 Å². The Balaban J connectivity index is 0.000000431. The number of imidazole rings is 1. The predicted octanol–water partition coefficient (Wildman–Crippen LogP) is -2.32. The average molecular weight is 423 g/mol. The Bertz CT molecular complexity index is 1200. The number of rotatable bonds is 1. The van der Waals surface area contributed by atoms with Crippen molar-refractivity contribution in [3.63, 3.8) is 0 Å². The summed E-state index contributed by atoms with van der Waals surface area (Å²) in [6.07, 6.45) is 3.45. The lowest BCUT2D eigenvalue weighted by atomic mass is 10.2. The van der Waals surface area contributed by atoms with Gasteiger partial charge in [-0.3, -0.25) is 4.90 Å². The minimum absolute atomic E-state index is 0.407. The monoisotopic (exact) mass is 422 g/mol. The van der Waals surface area contributed by atoms with Gasteiger partial charge in [0.1, 0.15) is 0 Å². The number of aromatic nitrogens is 3. The second-order valence-corrected chi connectivity index (χ2v) is 7.02. The molecule has 0 spiro atoms. The fourth-order valence-corrected chi connectivity index (χ4v) is 3.23. The second kappa shape index (κ2) is 7.78. The standard InChI is InChI=1S/C18H18N4O2.ClHO4/c1-19(2)17-20-11-7-6-9-14(20)16-12-21(18(23)24-3)13-8-4-5-10-15(13)22(16)17;2-1(3,4)5/h4-12H,1-3H3;(H,2,3,4,5)/q+2;. The number of hydrogen-bond acceptors (Lipinski definition) is 7. The molecule has 1 aromatic carbocycles. The number of hydrogen-bond donors (Lipinski definition) is 1. The number of ether oxygens (including phenoxy) is 1.